The van der Waals surface area contributed by atoms with E-state index in [4.69, 9.17) is 5.26 Å². The van der Waals surface area contributed by atoms with Crippen LogP contribution in [-0.2, 0) is 0 Å². The molecule has 2 aromatic carbocycles. The predicted octanol–water partition coefficient (Wildman–Crippen LogP) is 4.27. The average Bonchev–Trinajstić information content (AvgIpc) is 2.64. The molecule has 27 heavy (non-hydrogen) atoms. The summed E-state index contributed by atoms with van der Waals surface area (Å²) < 4.78 is 0. The first-order valence-corrected chi connectivity index (χ1v) is 8.46. The third-order valence-electron chi connectivity index (χ3n) is 4.02. The zero-order chi connectivity index (χ0) is 19.4. The molecular formula is C21H19N5O. The van der Waals surface area contributed by atoms with Crippen LogP contribution in [0, 0.1) is 32.1 Å². The summed E-state index contributed by atoms with van der Waals surface area (Å²) in [5.41, 5.74) is 4.79. The molecule has 1 amide bonds. The predicted molar refractivity (Wildman–Crippen MR) is 105 cm³/mol. The lowest BCUT2D eigenvalue weighted by Gasteiger charge is -2.11. The van der Waals surface area contributed by atoms with Gasteiger partial charge in [-0.15, -0.1) is 0 Å². The molecule has 0 spiro atoms. The molecule has 0 bridgehead atoms. The molecule has 0 aliphatic rings. The van der Waals surface area contributed by atoms with E-state index in [9.17, 15) is 4.79 Å². The van der Waals surface area contributed by atoms with Crippen molar-refractivity contribution in [1.29, 1.82) is 5.26 Å². The fourth-order valence-corrected chi connectivity index (χ4v) is 2.61. The molecule has 0 unspecified atom stereocenters. The van der Waals surface area contributed by atoms with Crippen LogP contribution in [0.5, 0.6) is 0 Å². The van der Waals surface area contributed by atoms with Gasteiger partial charge < -0.3 is 10.6 Å². The van der Waals surface area contributed by atoms with Crippen molar-refractivity contribution >= 4 is 23.2 Å². The summed E-state index contributed by atoms with van der Waals surface area (Å²) in [4.78, 5) is 21.3. The summed E-state index contributed by atoms with van der Waals surface area (Å²) >= 11 is 0. The van der Waals surface area contributed by atoms with Crippen molar-refractivity contribution in [2.24, 2.45) is 0 Å². The third-order valence-corrected chi connectivity index (χ3v) is 4.02. The van der Waals surface area contributed by atoms with E-state index in [2.05, 4.69) is 26.7 Å². The highest BCUT2D eigenvalue weighted by Crippen LogP contribution is 2.21. The Balaban J connectivity index is 1.88. The number of rotatable bonds is 4. The van der Waals surface area contributed by atoms with Gasteiger partial charge in [-0.1, -0.05) is 24.3 Å². The highest BCUT2D eigenvalue weighted by Gasteiger charge is 2.13. The molecular weight excluding hydrogens is 338 g/mol. The Morgan fingerprint density at radius 3 is 2.56 bits per heavy atom. The molecule has 1 aromatic heterocycles. The molecule has 0 aliphatic carbocycles. The second-order valence-corrected chi connectivity index (χ2v) is 6.27. The molecule has 0 atom stereocenters. The number of aryl methyl sites for hydroxylation is 3. The van der Waals surface area contributed by atoms with Crippen LogP contribution in [0.15, 0.2) is 48.5 Å². The van der Waals surface area contributed by atoms with Crippen molar-refractivity contribution in [3.8, 4) is 6.07 Å². The van der Waals surface area contributed by atoms with Crippen LogP contribution < -0.4 is 10.6 Å². The maximum absolute atomic E-state index is 12.6. The molecule has 6 nitrogen and oxygen atoms in total. The van der Waals surface area contributed by atoms with Gasteiger partial charge in [0.25, 0.3) is 5.91 Å². The summed E-state index contributed by atoms with van der Waals surface area (Å²) in [6.45, 7) is 5.80. The van der Waals surface area contributed by atoms with Gasteiger partial charge in [0.15, 0.2) is 0 Å². The van der Waals surface area contributed by atoms with Crippen LogP contribution in [0.3, 0.4) is 0 Å². The normalized spacial score (nSPS) is 10.1. The maximum Gasteiger partial charge on any atom is 0.274 e. The second kappa shape index (κ2) is 7.67. The highest BCUT2D eigenvalue weighted by atomic mass is 16.1. The molecule has 6 heteroatoms. The molecule has 134 valence electrons. The van der Waals surface area contributed by atoms with E-state index in [0.29, 0.717) is 22.9 Å². The fourth-order valence-electron chi connectivity index (χ4n) is 2.61. The SMILES string of the molecule is Cc1ccc(C)c(Nc2nc(C)cc(C(=O)Nc3ccccc3C#N)n2)c1. The van der Waals surface area contributed by atoms with Crippen molar-refractivity contribution in [2.75, 3.05) is 10.6 Å². The van der Waals surface area contributed by atoms with Crippen molar-refractivity contribution in [3.05, 3.63) is 76.6 Å². The molecule has 0 aliphatic heterocycles. The highest BCUT2D eigenvalue weighted by molar-refractivity contribution is 6.03. The molecule has 0 saturated carbocycles. The smallest absolute Gasteiger partial charge is 0.274 e. The Kier molecular flexibility index (Phi) is 5.13. The Morgan fingerprint density at radius 1 is 1.00 bits per heavy atom. The summed E-state index contributed by atoms with van der Waals surface area (Å²) in [6, 6.07) is 16.5. The van der Waals surface area contributed by atoms with Gasteiger partial charge in [0.1, 0.15) is 11.8 Å². The lowest BCUT2D eigenvalue weighted by atomic mass is 10.1. The summed E-state index contributed by atoms with van der Waals surface area (Å²) in [7, 11) is 0. The first-order valence-electron chi connectivity index (χ1n) is 8.46. The number of aromatic nitrogens is 2. The second-order valence-electron chi connectivity index (χ2n) is 6.27. The van der Waals surface area contributed by atoms with Crippen LogP contribution in [-0.4, -0.2) is 15.9 Å². The topological polar surface area (TPSA) is 90.7 Å². The van der Waals surface area contributed by atoms with Gasteiger partial charge in [-0.25, -0.2) is 9.97 Å². The van der Waals surface area contributed by atoms with Crippen LogP contribution >= 0.6 is 0 Å². The van der Waals surface area contributed by atoms with E-state index in [1.807, 2.05) is 32.0 Å². The largest absolute Gasteiger partial charge is 0.324 e. The van der Waals surface area contributed by atoms with Crippen molar-refractivity contribution in [2.45, 2.75) is 20.8 Å². The Morgan fingerprint density at radius 2 is 1.78 bits per heavy atom. The number of amides is 1. The average molecular weight is 357 g/mol. The number of para-hydroxylation sites is 1. The minimum absolute atomic E-state index is 0.225. The van der Waals surface area contributed by atoms with E-state index < -0.39 is 5.91 Å². The van der Waals surface area contributed by atoms with E-state index in [0.717, 1.165) is 16.8 Å². The lowest BCUT2D eigenvalue weighted by molar-refractivity contribution is 0.102. The van der Waals surface area contributed by atoms with Gasteiger partial charge in [-0.2, -0.15) is 5.26 Å². The first kappa shape index (κ1) is 18.1. The number of carbonyl (C=O) groups is 1. The Labute approximate surface area is 157 Å². The van der Waals surface area contributed by atoms with Gasteiger partial charge in [0, 0.05) is 11.4 Å². The van der Waals surface area contributed by atoms with Crippen LogP contribution in [0.4, 0.5) is 17.3 Å². The number of anilines is 3. The van der Waals surface area contributed by atoms with E-state index >= 15 is 0 Å². The minimum atomic E-state index is -0.396. The summed E-state index contributed by atoms with van der Waals surface area (Å²) in [5, 5.41) is 15.1. The number of nitrogens with zero attached hydrogens (tertiary/aromatic N) is 3. The van der Waals surface area contributed by atoms with Crippen LogP contribution in [0.25, 0.3) is 0 Å². The van der Waals surface area contributed by atoms with Gasteiger partial charge in [-0.05, 0) is 56.2 Å². The minimum Gasteiger partial charge on any atom is -0.324 e. The fraction of sp³-hybridized carbons (Fsp3) is 0.143. The van der Waals surface area contributed by atoms with Crippen molar-refractivity contribution < 1.29 is 4.79 Å². The maximum atomic E-state index is 12.6. The molecule has 0 radical (unpaired) electrons. The summed E-state index contributed by atoms with van der Waals surface area (Å²) in [5.74, 6) is -0.0466. The summed E-state index contributed by atoms with van der Waals surface area (Å²) in [6.07, 6.45) is 0. The third kappa shape index (κ3) is 4.28. The zero-order valence-electron chi connectivity index (χ0n) is 15.4. The lowest BCUT2D eigenvalue weighted by Crippen LogP contribution is -2.16. The molecule has 3 aromatic rings. The van der Waals surface area contributed by atoms with Crippen LogP contribution in [0.1, 0.15) is 32.9 Å². The number of nitriles is 1. The van der Waals surface area contributed by atoms with Crippen molar-refractivity contribution in [3.63, 3.8) is 0 Å². The molecule has 1 heterocycles. The van der Waals surface area contributed by atoms with Gasteiger partial charge in [0.05, 0.1) is 11.3 Å². The number of hydrogen-bond acceptors (Lipinski definition) is 5. The molecule has 2 N–H and O–H groups in total. The number of hydrogen-bond donors (Lipinski definition) is 2. The number of nitrogens with one attached hydrogen (secondary N) is 2. The van der Waals surface area contributed by atoms with Gasteiger partial charge >= 0.3 is 0 Å². The monoisotopic (exact) mass is 357 g/mol. The van der Waals surface area contributed by atoms with Gasteiger partial charge in [-0.3, -0.25) is 4.79 Å². The van der Waals surface area contributed by atoms with E-state index in [1.165, 1.54) is 0 Å². The molecule has 0 saturated heterocycles. The quantitative estimate of drug-likeness (QED) is 0.728. The Bertz CT molecular complexity index is 1050. The van der Waals surface area contributed by atoms with Crippen molar-refractivity contribution in [1.82, 2.24) is 9.97 Å². The van der Waals surface area contributed by atoms with Gasteiger partial charge in [0.2, 0.25) is 5.95 Å². The number of carbonyl (C=O) groups excluding carboxylic acids is 1. The van der Waals surface area contributed by atoms with E-state index in [-0.39, 0.29) is 5.69 Å². The van der Waals surface area contributed by atoms with E-state index in [1.54, 1.807) is 37.3 Å². The first-order chi connectivity index (χ1) is 13.0. The molecule has 3 rings (SSSR count). The molecule has 0 fully saturated rings. The standard InChI is InChI=1S/C21H19N5O/c1-13-8-9-14(2)18(10-13)25-21-23-15(3)11-19(26-21)20(27)24-17-7-5-4-6-16(17)12-22/h4-11H,1-3H3,(H,24,27)(H,23,25,26). The zero-order valence-corrected chi connectivity index (χ0v) is 15.4. The van der Waals surface area contributed by atoms with Crippen LogP contribution in [0.2, 0.25) is 0 Å². The number of benzene rings is 2. The Hall–Kier alpha value is -3.72.